The van der Waals surface area contributed by atoms with Crippen LogP contribution >= 0.6 is 0 Å². The number of carbonyl (C=O) groups excluding carboxylic acids is 1. The summed E-state index contributed by atoms with van der Waals surface area (Å²) < 4.78 is 50.8. The first-order valence-electron chi connectivity index (χ1n) is 3.44. The Morgan fingerprint density at radius 1 is 1.64 bits per heavy atom. The van der Waals surface area contributed by atoms with Gasteiger partial charge in [0.25, 0.3) is 5.67 Å². The SMILES string of the molecule is N#CC1(F)C=C(F)C=C(C(=O)F)C1F. The fraction of sp³-hybridized carbons (Fsp3) is 0.250. The summed E-state index contributed by atoms with van der Waals surface area (Å²) in [5.74, 6) is -1.36. The molecule has 6 heteroatoms. The first-order chi connectivity index (χ1) is 6.40. The van der Waals surface area contributed by atoms with Crippen molar-refractivity contribution in [2.24, 2.45) is 0 Å². The molecular weight excluding hydrogens is 202 g/mol. The number of carbonyl (C=O) groups is 1. The largest absolute Gasteiger partial charge is 0.331 e. The fourth-order valence-electron chi connectivity index (χ4n) is 1.01. The second-order valence-electron chi connectivity index (χ2n) is 2.65. The molecule has 0 amide bonds. The highest BCUT2D eigenvalue weighted by atomic mass is 19.2. The van der Waals surface area contributed by atoms with E-state index in [0.717, 1.165) is 6.07 Å². The monoisotopic (exact) mass is 205 g/mol. The van der Waals surface area contributed by atoms with E-state index in [2.05, 4.69) is 0 Å². The van der Waals surface area contributed by atoms with Crippen LogP contribution in [0.5, 0.6) is 0 Å². The molecule has 0 N–H and O–H groups in total. The fourth-order valence-corrected chi connectivity index (χ4v) is 1.01. The van der Waals surface area contributed by atoms with Gasteiger partial charge in [-0.15, -0.1) is 0 Å². The number of rotatable bonds is 1. The number of hydrogen-bond acceptors (Lipinski definition) is 2. The zero-order chi connectivity index (χ0) is 10.9. The normalized spacial score (nSPS) is 31.5. The van der Waals surface area contributed by atoms with Gasteiger partial charge < -0.3 is 0 Å². The molecule has 0 aromatic carbocycles. The number of hydrogen-bond donors (Lipinski definition) is 0. The lowest BCUT2D eigenvalue weighted by atomic mass is 9.90. The highest BCUT2D eigenvalue weighted by Gasteiger charge is 2.46. The van der Waals surface area contributed by atoms with Gasteiger partial charge in [0, 0.05) is 6.08 Å². The molecule has 0 bridgehead atoms. The van der Waals surface area contributed by atoms with E-state index >= 15 is 0 Å². The van der Waals surface area contributed by atoms with Gasteiger partial charge in [0.05, 0.1) is 5.57 Å². The summed E-state index contributed by atoms with van der Waals surface area (Å²) in [6.07, 6.45) is -2.52. The molecule has 1 rings (SSSR count). The molecule has 0 aliphatic heterocycles. The van der Waals surface area contributed by atoms with Crippen LogP contribution in [-0.2, 0) is 4.79 Å². The van der Waals surface area contributed by atoms with Gasteiger partial charge in [-0.05, 0) is 6.08 Å². The van der Waals surface area contributed by atoms with Crippen LogP contribution in [-0.4, -0.2) is 17.9 Å². The molecule has 0 spiro atoms. The number of halogens is 4. The quantitative estimate of drug-likeness (QED) is 0.484. The third-order valence-electron chi connectivity index (χ3n) is 1.68. The second-order valence-corrected chi connectivity index (χ2v) is 2.65. The Balaban J connectivity index is 3.22. The molecule has 2 atom stereocenters. The van der Waals surface area contributed by atoms with Gasteiger partial charge in [0.1, 0.15) is 11.9 Å². The minimum atomic E-state index is -3.32. The van der Waals surface area contributed by atoms with Crippen molar-refractivity contribution in [2.75, 3.05) is 0 Å². The van der Waals surface area contributed by atoms with Crippen LogP contribution in [0.1, 0.15) is 0 Å². The van der Waals surface area contributed by atoms with Crippen molar-refractivity contribution < 1.29 is 22.4 Å². The van der Waals surface area contributed by atoms with Crippen LogP contribution in [0.4, 0.5) is 17.6 Å². The average Bonchev–Trinajstić information content (AvgIpc) is 2.11. The van der Waals surface area contributed by atoms with Crippen molar-refractivity contribution in [1.82, 2.24) is 0 Å². The molecule has 1 aliphatic carbocycles. The molecule has 0 aromatic rings. The lowest BCUT2D eigenvalue weighted by Crippen LogP contribution is -2.36. The van der Waals surface area contributed by atoms with E-state index in [1.165, 1.54) is 0 Å². The van der Waals surface area contributed by atoms with Crippen molar-refractivity contribution >= 4 is 6.04 Å². The summed E-state index contributed by atoms with van der Waals surface area (Å²) in [6, 6.07) is -1.47. The summed E-state index contributed by atoms with van der Waals surface area (Å²) in [5, 5.41) is 8.20. The minimum absolute atomic E-state index is 0.0596. The lowest BCUT2D eigenvalue weighted by molar-refractivity contribution is -0.126. The van der Waals surface area contributed by atoms with Gasteiger partial charge in [-0.1, -0.05) is 0 Å². The zero-order valence-electron chi connectivity index (χ0n) is 6.60. The molecule has 0 radical (unpaired) electrons. The molecule has 0 fully saturated rings. The number of allylic oxidation sites excluding steroid dienone is 4. The molecular formula is C8H3F4NO. The van der Waals surface area contributed by atoms with E-state index in [-0.39, 0.29) is 12.2 Å². The Hall–Kier alpha value is -1.64. The maximum absolute atomic E-state index is 13.1. The molecule has 14 heavy (non-hydrogen) atoms. The Bertz CT molecular complexity index is 381. The maximum Gasteiger partial charge on any atom is 0.331 e. The predicted octanol–water partition coefficient (Wildman–Crippen LogP) is 1.85. The van der Waals surface area contributed by atoms with Crippen LogP contribution in [0, 0.1) is 11.3 Å². The van der Waals surface area contributed by atoms with Crippen LogP contribution in [0.15, 0.2) is 23.6 Å². The minimum Gasteiger partial charge on any atom is -0.256 e. The van der Waals surface area contributed by atoms with E-state index in [1.807, 2.05) is 0 Å². The average molecular weight is 205 g/mol. The van der Waals surface area contributed by atoms with Gasteiger partial charge in [0.2, 0.25) is 0 Å². The highest BCUT2D eigenvalue weighted by Crippen LogP contribution is 2.33. The van der Waals surface area contributed by atoms with Crippen LogP contribution in [0.2, 0.25) is 0 Å². The number of nitriles is 1. The van der Waals surface area contributed by atoms with Gasteiger partial charge in [-0.2, -0.15) is 9.65 Å². The van der Waals surface area contributed by atoms with Crippen molar-refractivity contribution in [3.8, 4) is 6.07 Å². The van der Waals surface area contributed by atoms with E-state index in [0.29, 0.717) is 0 Å². The van der Waals surface area contributed by atoms with Crippen molar-refractivity contribution in [1.29, 1.82) is 5.26 Å². The van der Waals surface area contributed by atoms with Crippen LogP contribution in [0.25, 0.3) is 0 Å². The molecule has 0 saturated carbocycles. The van der Waals surface area contributed by atoms with Crippen LogP contribution < -0.4 is 0 Å². The van der Waals surface area contributed by atoms with Gasteiger partial charge in [-0.3, -0.25) is 4.79 Å². The summed E-state index contributed by atoms with van der Waals surface area (Å²) >= 11 is 0. The number of alkyl halides is 2. The molecule has 1 aliphatic rings. The summed E-state index contributed by atoms with van der Waals surface area (Å²) in [6.45, 7) is 0. The van der Waals surface area contributed by atoms with Gasteiger partial charge >= 0.3 is 6.04 Å². The smallest absolute Gasteiger partial charge is 0.256 e. The van der Waals surface area contributed by atoms with Gasteiger partial charge in [0.15, 0.2) is 6.17 Å². The Morgan fingerprint density at radius 3 is 2.64 bits per heavy atom. The van der Waals surface area contributed by atoms with Crippen molar-refractivity contribution in [2.45, 2.75) is 11.8 Å². The highest BCUT2D eigenvalue weighted by molar-refractivity contribution is 5.90. The lowest BCUT2D eigenvalue weighted by Gasteiger charge is -2.21. The van der Waals surface area contributed by atoms with Gasteiger partial charge in [-0.25, -0.2) is 13.2 Å². The molecule has 2 unspecified atom stereocenters. The first-order valence-corrected chi connectivity index (χ1v) is 3.44. The van der Waals surface area contributed by atoms with E-state index in [9.17, 15) is 22.4 Å². The second kappa shape index (κ2) is 3.25. The Labute approximate surface area is 76.1 Å². The topological polar surface area (TPSA) is 40.9 Å². The summed E-state index contributed by atoms with van der Waals surface area (Å²) in [4.78, 5) is 10.1. The standard InChI is InChI=1S/C8H3F4NO/c9-4-1-5(7(11)14)6(10)8(12,2-4)3-13/h1-2,6H. The molecule has 2 nitrogen and oxygen atoms in total. The molecule has 74 valence electrons. The molecule has 0 saturated heterocycles. The maximum atomic E-state index is 13.1. The Kier molecular flexibility index (Phi) is 2.43. The number of nitrogens with zero attached hydrogens (tertiary/aromatic N) is 1. The van der Waals surface area contributed by atoms with E-state index in [1.54, 1.807) is 0 Å². The summed E-state index contributed by atoms with van der Waals surface area (Å²) in [5.41, 5.74) is -4.65. The predicted molar refractivity (Wildman–Crippen MR) is 37.7 cm³/mol. The van der Waals surface area contributed by atoms with E-state index < -0.39 is 29.3 Å². The summed E-state index contributed by atoms with van der Waals surface area (Å²) in [7, 11) is 0. The molecule has 0 aromatic heterocycles. The zero-order valence-corrected chi connectivity index (χ0v) is 6.60. The third-order valence-corrected chi connectivity index (χ3v) is 1.68. The van der Waals surface area contributed by atoms with E-state index in [4.69, 9.17) is 5.26 Å². The molecule has 0 heterocycles. The van der Waals surface area contributed by atoms with Crippen molar-refractivity contribution in [3.63, 3.8) is 0 Å². The van der Waals surface area contributed by atoms with Crippen molar-refractivity contribution in [3.05, 3.63) is 23.6 Å². The van der Waals surface area contributed by atoms with Crippen LogP contribution in [0.3, 0.4) is 0 Å². The first kappa shape index (κ1) is 10.4. The Morgan fingerprint density at radius 2 is 2.21 bits per heavy atom. The third kappa shape index (κ3) is 1.53.